The van der Waals surface area contributed by atoms with Gasteiger partial charge in [0.25, 0.3) is 0 Å². The molecule has 43 heavy (non-hydrogen) atoms. The molecule has 0 bridgehead atoms. The Morgan fingerprint density at radius 2 is 1.37 bits per heavy atom. The number of nitrogens with one attached hydrogen (secondary N) is 1. The number of hydrogen-bond acceptors (Lipinski definition) is 5. The zero-order chi connectivity index (χ0) is 30.9. The normalized spacial score (nSPS) is 12.8. The highest BCUT2D eigenvalue weighted by molar-refractivity contribution is 5.86. The van der Waals surface area contributed by atoms with Crippen LogP contribution in [-0.2, 0) is 32.1 Å². The van der Waals surface area contributed by atoms with Crippen LogP contribution in [0.4, 0.5) is 0 Å². The van der Waals surface area contributed by atoms with E-state index in [0.29, 0.717) is 25.8 Å². The predicted molar refractivity (Wildman–Crippen MR) is 169 cm³/mol. The number of hydrogen-bond donors (Lipinski definition) is 2. The number of amides is 2. The minimum absolute atomic E-state index is 0.0427. The van der Waals surface area contributed by atoms with Crippen molar-refractivity contribution in [2.75, 3.05) is 19.7 Å². The lowest BCUT2D eigenvalue weighted by molar-refractivity contribution is -0.154. The minimum Gasteiger partial charge on any atom is -0.455 e. The van der Waals surface area contributed by atoms with E-state index in [-0.39, 0.29) is 43.9 Å². The predicted octanol–water partition coefficient (Wildman–Crippen LogP) is 5.43. The maximum atomic E-state index is 13.4. The van der Waals surface area contributed by atoms with Crippen LogP contribution < -0.4 is 5.32 Å². The van der Waals surface area contributed by atoms with Crippen molar-refractivity contribution in [1.29, 1.82) is 0 Å². The van der Waals surface area contributed by atoms with E-state index in [2.05, 4.69) is 18.5 Å². The first-order valence-electron chi connectivity index (χ1n) is 14.7. The first-order chi connectivity index (χ1) is 20.9. The lowest BCUT2D eigenvalue weighted by Gasteiger charge is -2.25. The minimum atomic E-state index is -0.718. The number of carbonyl (C=O) groups excluding carboxylic acids is 3. The summed E-state index contributed by atoms with van der Waals surface area (Å²) in [6.45, 7) is 7.95. The van der Waals surface area contributed by atoms with E-state index in [1.807, 2.05) is 91.0 Å². The van der Waals surface area contributed by atoms with Gasteiger partial charge in [-0.1, -0.05) is 103 Å². The molecule has 226 valence electrons. The van der Waals surface area contributed by atoms with Gasteiger partial charge in [-0.05, 0) is 36.0 Å². The highest BCUT2D eigenvalue weighted by atomic mass is 16.5. The van der Waals surface area contributed by atoms with Gasteiger partial charge in [0, 0.05) is 19.5 Å². The third-order valence-electron chi connectivity index (χ3n) is 7.18. The molecule has 0 unspecified atom stereocenters. The lowest BCUT2D eigenvalue weighted by Crippen LogP contribution is -2.39. The number of benzene rings is 3. The smallest absolute Gasteiger partial charge is 0.310 e. The molecule has 2 N–H and O–H groups in total. The molecule has 0 aliphatic heterocycles. The number of rotatable bonds is 18. The Labute approximate surface area is 254 Å². The van der Waals surface area contributed by atoms with E-state index in [1.54, 1.807) is 17.1 Å². The van der Waals surface area contributed by atoms with Crippen LogP contribution in [0.25, 0.3) is 0 Å². The highest BCUT2D eigenvalue weighted by Gasteiger charge is 2.27. The average Bonchev–Trinajstić information content (AvgIpc) is 3.03. The van der Waals surface area contributed by atoms with E-state index in [1.165, 1.54) is 0 Å². The van der Waals surface area contributed by atoms with Crippen LogP contribution in [0.15, 0.2) is 116 Å². The first-order valence-corrected chi connectivity index (χ1v) is 14.7. The molecule has 0 saturated heterocycles. The quantitative estimate of drug-likeness (QED) is 0.154. The molecule has 0 aromatic heterocycles. The highest BCUT2D eigenvalue weighted by Crippen LogP contribution is 2.23. The summed E-state index contributed by atoms with van der Waals surface area (Å²) in [7, 11) is 0. The Morgan fingerprint density at radius 3 is 1.95 bits per heavy atom. The zero-order valence-electron chi connectivity index (χ0n) is 24.6. The van der Waals surface area contributed by atoms with Gasteiger partial charge in [-0.15, -0.1) is 13.2 Å². The molecule has 0 spiro atoms. The molecule has 0 aliphatic carbocycles. The van der Waals surface area contributed by atoms with Gasteiger partial charge < -0.3 is 20.1 Å². The molecule has 0 radical (unpaired) electrons. The fraction of sp³-hybridized carbons (Fsp3) is 0.306. The van der Waals surface area contributed by atoms with Crippen molar-refractivity contribution in [3.05, 3.63) is 133 Å². The van der Waals surface area contributed by atoms with Crippen LogP contribution in [0.2, 0.25) is 0 Å². The molecule has 3 aromatic carbocycles. The summed E-state index contributed by atoms with van der Waals surface area (Å²) in [4.78, 5) is 41.5. The topological polar surface area (TPSA) is 95.9 Å². The number of nitrogens with zero attached hydrogens (tertiary/aromatic N) is 1. The molecule has 3 rings (SSSR count). The van der Waals surface area contributed by atoms with E-state index >= 15 is 0 Å². The molecule has 0 saturated carbocycles. The van der Waals surface area contributed by atoms with E-state index in [9.17, 15) is 19.5 Å². The maximum absolute atomic E-state index is 13.4. The third kappa shape index (κ3) is 11.0. The van der Waals surface area contributed by atoms with Crippen molar-refractivity contribution in [3.63, 3.8) is 0 Å². The van der Waals surface area contributed by atoms with E-state index in [0.717, 1.165) is 16.7 Å². The Morgan fingerprint density at radius 1 is 0.814 bits per heavy atom. The van der Waals surface area contributed by atoms with Gasteiger partial charge in [0.05, 0.1) is 25.0 Å². The Kier molecular flexibility index (Phi) is 13.9. The summed E-state index contributed by atoms with van der Waals surface area (Å²) >= 11 is 0. The van der Waals surface area contributed by atoms with E-state index < -0.39 is 17.9 Å². The van der Waals surface area contributed by atoms with Gasteiger partial charge in [-0.25, -0.2) is 0 Å². The zero-order valence-corrected chi connectivity index (χ0v) is 24.6. The Balaban J connectivity index is 1.69. The summed E-state index contributed by atoms with van der Waals surface area (Å²) in [6, 6.07) is 28.5. The standard InChI is InChI=1S/C36H42N2O5/c1-3-14-31(25-34(40)38(22-23-39)27-29-18-10-6-11-19-29)35(41)37-26-33(30-20-12-7-13-21-30)43-36(42)32(15-4-2)24-28-16-8-5-9-17-28/h3-13,16-21,31-33,39H,1-2,14-15,22-27H2,(H,37,41)/t31-,32+,33-/m0/s1. The molecular formula is C36H42N2O5. The lowest BCUT2D eigenvalue weighted by atomic mass is 9.96. The van der Waals surface area contributed by atoms with Crippen LogP contribution in [0.5, 0.6) is 0 Å². The monoisotopic (exact) mass is 582 g/mol. The third-order valence-corrected chi connectivity index (χ3v) is 7.18. The number of aliphatic hydroxyl groups is 1. The fourth-order valence-electron chi connectivity index (χ4n) is 4.87. The molecule has 3 aromatic rings. The molecule has 0 aliphatic rings. The first kappa shape index (κ1) is 33.0. The van der Waals surface area contributed by atoms with Gasteiger partial charge in [-0.3, -0.25) is 14.4 Å². The van der Waals surface area contributed by atoms with Crippen LogP contribution in [0.3, 0.4) is 0 Å². The molecular weight excluding hydrogens is 540 g/mol. The van der Waals surface area contributed by atoms with Crippen molar-refractivity contribution >= 4 is 17.8 Å². The van der Waals surface area contributed by atoms with Gasteiger partial charge in [0.15, 0.2) is 0 Å². The van der Waals surface area contributed by atoms with Crippen molar-refractivity contribution < 1.29 is 24.2 Å². The van der Waals surface area contributed by atoms with Gasteiger partial charge in [0.2, 0.25) is 11.8 Å². The molecule has 0 heterocycles. The molecule has 0 fully saturated rings. The second-order valence-corrected chi connectivity index (χ2v) is 10.4. The van der Waals surface area contributed by atoms with Crippen LogP contribution in [-0.4, -0.2) is 47.5 Å². The number of aliphatic hydroxyl groups excluding tert-OH is 1. The van der Waals surface area contributed by atoms with Crippen LogP contribution in [0.1, 0.15) is 42.1 Å². The second-order valence-electron chi connectivity index (χ2n) is 10.4. The van der Waals surface area contributed by atoms with Crippen molar-refractivity contribution in [2.45, 2.75) is 38.3 Å². The number of ether oxygens (including phenoxy) is 1. The molecule has 2 amide bonds. The summed E-state index contributed by atoms with van der Waals surface area (Å²) < 4.78 is 6.01. The Hall–Kier alpha value is -4.49. The SMILES string of the molecule is C=CC[C@@H](CC(=O)N(CCO)Cc1ccccc1)C(=O)NC[C@H](OC(=O)[C@H](CC=C)Cc1ccccc1)c1ccccc1. The Bertz CT molecular complexity index is 1300. The summed E-state index contributed by atoms with van der Waals surface area (Å²) in [5.74, 6) is -2.03. The number of allylic oxidation sites excluding steroid dienone is 2. The number of esters is 1. The molecule has 7 heteroatoms. The fourth-order valence-corrected chi connectivity index (χ4v) is 4.87. The largest absolute Gasteiger partial charge is 0.455 e. The van der Waals surface area contributed by atoms with Gasteiger partial charge in [-0.2, -0.15) is 0 Å². The maximum Gasteiger partial charge on any atom is 0.310 e. The summed E-state index contributed by atoms with van der Waals surface area (Å²) in [6.07, 6.45) is 3.83. The summed E-state index contributed by atoms with van der Waals surface area (Å²) in [5.41, 5.74) is 2.71. The van der Waals surface area contributed by atoms with Gasteiger partial charge in [0.1, 0.15) is 6.10 Å². The van der Waals surface area contributed by atoms with Crippen molar-refractivity contribution in [2.24, 2.45) is 11.8 Å². The number of carbonyl (C=O) groups is 3. The van der Waals surface area contributed by atoms with Crippen molar-refractivity contribution in [3.8, 4) is 0 Å². The molecule has 3 atom stereocenters. The molecule has 7 nitrogen and oxygen atoms in total. The average molecular weight is 583 g/mol. The van der Waals surface area contributed by atoms with E-state index in [4.69, 9.17) is 4.74 Å². The second kappa shape index (κ2) is 18.1. The van der Waals surface area contributed by atoms with Crippen molar-refractivity contribution in [1.82, 2.24) is 10.2 Å². The van der Waals surface area contributed by atoms with Crippen LogP contribution >= 0.6 is 0 Å². The summed E-state index contributed by atoms with van der Waals surface area (Å²) in [5, 5.41) is 12.5. The van der Waals surface area contributed by atoms with Gasteiger partial charge >= 0.3 is 5.97 Å². The van der Waals surface area contributed by atoms with Crippen LogP contribution in [0, 0.1) is 11.8 Å².